The second-order valence-electron chi connectivity index (χ2n) is 6.03. The molecule has 5 heteroatoms. The van der Waals surface area contributed by atoms with Crippen molar-refractivity contribution >= 4 is 11.8 Å². The van der Waals surface area contributed by atoms with E-state index in [0.717, 1.165) is 63.0 Å². The van der Waals surface area contributed by atoms with E-state index in [1.54, 1.807) is 0 Å². The summed E-state index contributed by atoms with van der Waals surface area (Å²) >= 11 is 0. The smallest absolute Gasteiger partial charge is 0.339 e. The van der Waals surface area contributed by atoms with Crippen LogP contribution in [0.15, 0.2) is 6.07 Å². The average molecular weight is 289 g/mol. The summed E-state index contributed by atoms with van der Waals surface area (Å²) in [6.07, 6.45) is 5.23. The molecule has 114 valence electrons. The molecule has 1 aliphatic carbocycles. The first-order valence-electron chi connectivity index (χ1n) is 7.92. The van der Waals surface area contributed by atoms with Gasteiger partial charge in [-0.05, 0) is 56.8 Å². The highest BCUT2D eigenvalue weighted by molar-refractivity contribution is 5.93. The lowest BCUT2D eigenvalue weighted by molar-refractivity contribution is 0.0697. The van der Waals surface area contributed by atoms with E-state index >= 15 is 0 Å². The van der Waals surface area contributed by atoms with Gasteiger partial charge in [0.25, 0.3) is 0 Å². The van der Waals surface area contributed by atoms with Gasteiger partial charge >= 0.3 is 5.97 Å². The van der Waals surface area contributed by atoms with Crippen LogP contribution in [0.5, 0.6) is 0 Å². The molecule has 1 aromatic rings. The normalized spacial score (nSPS) is 22.0. The maximum atomic E-state index is 11.5. The zero-order chi connectivity index (χ0) is 14.8. The van der Waals surface area contributed by atoms with E-state index in [9.17, 15) is 9.90 Å². The summed E-state index contributed by atoms with van der Waals surface area (Å²) in [6.45, 7) is 5.31. The topological polar surface area (TPSA) is 65.5 Å². The SMILES string of the molecule is CCN1CCCC(Nc2nc3c(cc2C(=O)O)CCC3)C1. The van der Waals surface area contributed by atoms with Crippen LogP contribution in [-0.2, 0) is 12.8 Å². The molecule has 0 amide bonds. The van der Waals surface area contributed by atoms with Crippen LogP contribution in [0.4, 0.5) is 5.82 Å². The fraction of sp³-hybridized carbons (Fsp3) is 0.625. The minimum Gasteiger partial charge on any atom is -0.478 e. The number of aromatic carboxylic acids is 1. The van der Waals surface area contributed by atoms with Gasteiger partial charge in [-0.3, -0.25) is 0 Å². The molecular formula is C16H23N3O2. The van der Waals surface area contributed by atoms with Crippen molar-refractivity contribution in [2.45, 2.75) is 45.1 Å². The van der Waals surface area contributed by atoms with Gasteiger partial charge in [0.1, 0.15) is 11.4 Å². The molecule has 1 aliphatic heterocycles. The van der Waals surface area contributed by atoms with Crippen molar-refractivity contribution in [2.75, 3.05) is 25.0 Å². The number of pyridine rings is 1. The summed E-state index contributed by atoms with van der Waals surface area (Å²) in [6, 6.07) is 2.11. The maximum Gasteiger partial charge on any atom is 0.339 e. The molecule has 0 bridgehead atoms. The van der Waals surface area contributed by atoms with E-state index in [1.807, 2.05) is 6.07 Å². The van der Waals surface area contributed by atoms with Gasteiger partial charge in [0.05, 0.1) is 0 Å². The standard InChI is InChI=1S/C16H23N3O2/c1-2-19-8-4-6-12(10-19)17-15-13(16(20)21)9-11-5-3-7-14(11)18-15/h9,12H,2-8,10H2,1H3,(H,17,18)(H,20,21). The zero-order valence-corrected chi connectivity index (χ0v) is 12.6. The van der Waals surface area contributed by atoms with E-state index in [0.29, 0.717) is 17.4 Å². The Bertz CT molecular complexity index is 545. The van der Waals surface area contributed by atoms with Crippen LogP contribution in [0.1, 0.15) is 47.8 Å². The first kappa shape index (κ1) is 14.3. The second kappa shape index (κ2) is 6.02. The van der Waals surface area contributed by atoms with E-state index in [-0.39, 0.29) is 0 Å². The first-order valence-corrected chi connectivity index (χ1v) is 7.92. The Morgan fingerprint density at radius 1 is 1.48 bits per heavy atom. The molecule has 5 nitrogen and oxygen atoms in total. The Morgan fingerprint density at radius 2 is 2.33 bits per heavy atom. The quantitative estimate of drug-likeness (QED) is 0.889. The van der Waals surface area contributed by atoms with Crippen LogP contribution in [0.3, 0.4) is 0 Å². The lowest BCUT2D eigenvalue weighted by Gasteiger charge is -2.32. The number of carboxylic acids is 1. The molecule has 1 saturated heterocycles. The Hall–Kier alpha value is -1.62. The predicted molar refractivity (Wildman–Crippen MR) is 82.0 cm³/mol. The monoisotopic (exact) mass is 289 g/mol. The number of rotatable bonds is 4. The van der Waals surface area contributed by atoms with Gasteiger partial charge in [0, 0.05) is 18.3 Å². The minimum absolute atomic E-state index is 0.295. The van der Waals surface area contributed by atoms with Crippen molar-refractivity contribution in [3.8, 4) is 0 Å². The summed E-state index contributed by atoms with van der Waals surface area (Å²) in [7, 11) is 0. The molecule has 1 unspecified atom stereocenters. The summed E-state index contributed by atoms with van der Waals surface area (Å²) in [5.41, 5.74) is 2.51. The van der Waals surface area contributed by atoms with Crippen LogP contribution in [0, 0.1) is 0 Å². The van der Waals surface area contributed by atoms with Gasteiger partial charge in [-0.25, -0.2) is 9.78 Å². The number of carboxylic acid groups (broad SMARTS) is 1. The number of hydrogen-bond donors (Lipinski definition) is 2. The van der Waals surface area contributed by atoms with Crippen LogP contribution in [-0.4, -0.2) is 46.6 Å². The van der Waals surface area contributed by atoms with Crippen molar-refractivity contribution in [3.05, 3.63) is 22.9 Å². The number of hydrogen-bond acceptors (Lipinski definition) is 4. The van der Waals surface area contributed by atoms with E-state index in [1.165, 1.54) is 0 Å². The van der Waals surface area contributed by atoms with Crippen LogP contribution < -0.4 is 5.32 Å². The Labute approximate surface area is 125 Å². The number of carbonyl (C=O) groups is 1. The molecule has 21 heavy (non-hydrogen) atoms. The molecule has 2 aliphatic rings. The Balaban J connectivity index is 1.82. The number of nitrogens with one attached hydrogen (secondary N) is 1. The molecule has 0 aromatic carbocycles. The molecular weight excluding hydrogens is 266 g/mol. The molecule has 0 spiro atoms. The highest BCUT2D eigenvalue weighted by Gasteiger charge is 2.24. The minimum atomic E-state index is -0.886. The average Bonchev–Trinajstić information content (AvgIpc) is 2.93. The van der Waals surface area contributed by atoms with Crippen molar-refractivity contribution in [1.82, 2.24) is 9.88 Å². The number of nitrogens with zero attached hydrogens (tertiary/aromatic N) is 2. The highest BCUT2D eigenvalue weighted by Crippen LogP contribution is 2.26. The van der Waals surface area contributed by atoms with Crippen LogP contribution >= 0.6 is 0 Å². The lowest BCUT2D eigenvalue weighted by Crippen LogP contribution is -2.42. The third-order valence-corrected chi connectivity index (χ3v) is 4.57. The van der Waals surface area contributed by atoms with E-state index in [2.05, 4.69) is 22.1 Å². The van der Waals surface area contributed by atoms with Crippen molar-refractivity contribution in [3.63, 3.8) is 0 Å². The Kier molecular flexibility index (Phi) is 4.10. The van der Waals surface area contributed by atoms with Crippen molar-refractivity contribution in [1.29, 1.82) is 0 Å². The summed E-state index contributed by atoms with van der Waals surface area (Å²) < 4.78 is 0. The van der Waals surface area contributed by atoms with Crippen molar-refractivity contribution < 1.29 is 9.90 Å². The fourth-order valence-electron chi connectivity index (χ4n) is 3.40. The van der Waals surface area contributed by atoms with Crippen LogP contribution in [0.2, 0.25) is 0 Å². The molecule has 0 saturated carbocycles. The van der Waals surface area contributed by atoms with Gasteiger partial charge < -0.3 is 15.3 Å². The van der Waals surface area contributed by atoms with Crippen LogP contribution in [0.25, 0.3) is 0 Å². The summed E-state index contributed by atoms with van der Waals surface area (Å²) in [5.74, 6) is -0.325. The molecule has 1 aromatic heterocycles. The second-order valence-corrected chi connectivity index (χ2v) is 6.03. The number of aryl methyl sites for hydroxylation is 2. The molecule has 2 N–H and O–H groups in total. The molecule has 0 radical (unpaired) electrons. The Morgan fingerprint density at radius 3 is 3.10 bits per heavy atom. The maximum absolute atomic E-state index is 11.5. The number of anilines is 1. The molecule has 2 heterocycles. The number of aromatic nitrogens is 1. The lowest BCUT2D eigenvalue weighted by atomic mass is 10.0. The third kappa shape index (κ3) is 3.02. The number of fused-ring (bicyclic) bond motifs is 1. The number of likely N-dealkylation sites (tertiary alicyclic amines) is 1. The van der Waals surface area contributed by atoms with Gasteiger partial charge in [-0.1, -0.05) is 6.92 Å². The van der Waals surface area contributed by atoms with Gasteiger partial charge in [0.2, 0.25) is 0 Å². The number of piperidine rings is 1. The summed E-state index contributed by atoms with van der Waals surface area (Å²) in [4.78, 5) is 18.5. The first-order chi connectivity index (χ1) is 10.2. The highest BCUT2D eigenvalue weighted by atomic mass is 16.4. The molecule has 1 atom stereocenters. The zero-order valence-electron chi connectivity index (χ0n) is 12.6. The largest absolute Gasteiger partial charge is 0.478 e. The van der Waals surface area contributed by atoms with Gasteiger partial charge in [-0.2, -0.15) is 0 Å². The van der Waals surface area contributed by atoms with E-state index in [4.69, 9.17) is 0 Å². The molecule has 1 fully saturated rings. The van der Waals surface area contributed by atoms with E-state index < -0.39 is 5.97 Å². The van der Waals surface area contributed by atoms with Gasteiger partial charge in [0.15, 0.2) is 0 Å². The third-order valence-electron chi connectivity index (χ3n) is 4.57. The fourth-order valence-corrected chi connectivity index (χ4v) is 3.40. The van der Waals surface area contributed by atoms with Crippen molar-refractivity contribution in [2.24, 2.45) is 0 Å². The molecule has 3 rings (SSSR count). The number of likely N-dealkylation sites (N-methyl/N-ethyl adjacent to an activating group) is 1. The predicted octanol–water partition coefficient (Wildman–Crippen LogP) is 2.16. The summed E-state index contributed by atoms with van der Waals surface area (Å²) in [5, 5.41) is 12.8. The van der Waals surface area contributed by atoms with Gasteiger partial charge in [-0.15, -0.1) is 0 Å².